The van der Waals surface area contributed by atoms with E-state index in [1.54, 1.807) is 0 Å². The van der Waals surface area contributed by atoms with E-state index in [1.165, 1.54) is 12.1 Å². The Kier molecular flexibility index (Phi) is 4.52. The molecule has 0 aliphatic heterocycles. The van der Waals surface area contributed by atoms with Crippen LogP contribution in [0.25, 0.3) is 0 Å². The number of aliphatic hydroxyl groups is 1. The summed E-state index contributed by atoms with van der Waals surface area (Å²) in [5.41, 5.74) is -0.531. The predicted octanol–water partition coefficient (Wildman–Crippen LogP) is 1.19. The third-order valence-electron chi connectivity index (χ3n) is 2.99. The van der Waals surface area contributed by atoms with Crippen LogP contribution in [0.2, 0.25) is 0 Å². The van der Waals surface area contributed by atoms with Gasteiger partial charge in [-0.3, -0.25) is 10.1 Å². The number of primary sulfonamides is 1. The highest BCUT2D eigenvalue weighted by atomic mass is 32.2. The van der Waals surface area contributed by atoms with Gasteiger partial charge in [0.2, 0.25) is 10.0 Å². The van der Waals surface area contributed by atoms with Crippen LogP contribution in [-0.4, -0.2) is 24.6 Å². The Morgan fingerprint density at radius 3 is 2.35 bits per heavy atom. The second-order valence-corrected chi connectivity index (χ2v) is 7.24. The zero-order valence-electron chi connectivity index (χ0n) is 11.5. The Balaban J connectivity index is 3.25. The molecule has 0 spiro atoms. The van der Waals surface area contributed by atoms with Gasteiger partial charge in [-0.1, -0.05) is 26.8 Å². The number of hydrogen-bond acceptors (Lipinski definition) is 5. The Morgan fingerprint density at radius 1 is 1.40 bits per heavy atom. The maximum atomic E-state index is 11.2. The van der Waals surface area contributed by atoms with Crippen LogP contribution >= 0.6 is 0 Å². The fraction of sp³-hybridized carbons (Fsp3) is 0.500. The van der Waals surface area contributed by atoms with Crippen LogP contribution in [0.4, 0.5) is 5.69 Å². The number of aliphatic hydroxyl groups excluding tert-OH is 1. The Morgan fingerprint density at radius 2 is 1.95 bits per heavy atom. The molecular formula is C12H18N2O5S. The molecule has 0 fully saturated rings. The molecule has 1 atom stereocenters. The molecule has 20 heavy (non-hydrogen) atoms. The summed E-state index contributed by atoms with van der Waals surface area (Å²) in [6.07, 6.45) is -0.730. The molecule has 0 bridgehead atoms. The van der Waals surface area contributed by atoms with Crippen molar-refractivity contribution in [1.29, 1.82) is 0 Å². The maximum Gasteiger partial charge on any atom is 0.274 e. The first-order chi connectivity index (χ1) is 8.93. The zero-order valence-corrected chi connectivity index (χ0v) is 12.3. The largest absolute Gasteiger partial charge is 0.392 e. The second-order valence-electron chi connectivity index (χ2n) is 5.68. The summed E-state index contributed by atoms with van der Waals surface area (Å²) >= 11 is 0. The Labute approximate surface area is 117 Å². The van der Waals surface area contributed by atoms with Crippen molar-refractivity contribution in [1.82, 2.24) is 0 Å². The maximum absolute atomic E-state index is 11.2. The minimum Gasteiger partial charge on any atom is -0.392 e. The van der Waals surface area contributed by atoms with E-state index in [4.69, 9.17) is 5.14 Å². The van der Waals surface area contributed by atoms with Gasteiger partial charge in [-0.15, -0.1) is 0 Å². The molecule has 112 valence electrons. The van der Waals surface area contributed by atoms with E-state index in [9.17, 15) is 23.6 Å². The molecule has 7 nitrogen and oxygen atoms in total. The molecule has 1 aromatic rings. The highest BCUT2D eigenvalue weighted by Crippen LogP contribution is 2.28. The quantitative estimate of drug-likeness (QED) is 0.638. The summed E-state index contributed by atoms with van der Waals surface area (Å²) in [4.78, 5) is 10.0. The zero-order chi connectivity index (χ0) is 15.7. The molecule has 1 aromatic carbocycles. The highest BCUT2D eigenvalue weighted by molar-refractivity contribution is 7.89. The average molecular weight is 302 g/mol. The molecule has 0 aliphatic rings. The van der Waals surface area contributed by atoms with Gasteiger partial charge in [0.05, 0.1) is 15.9 Å². The van der Waals surface area contributed by atoms with E-state index in [2.05, 4.69) is 0 Å². The predicted molar refractivity (Wildman–Crippen MR) is 73.6 cm³/mol. The van der Waals surface area contributed by atoms with E-state index in [1.807, 2.05) is 20.8 Å². The molecule has 1 rings (SSSR count). The second kappa shape index (κ2) is 5.47. The summed E-state index contributed by atoms with van der Waals surface area (Å²) in [7, 11) is -4.00. The van der Waals surface area contributed by atoms with Gasteiger partial charge in [0.25, 0.3) is 5.69 Å². The van der Waals surface area contributed by atoms with E-state index in [0.717, 1.165) is 6.07 Å². The van der Waals surface area contributed by atoms with E-state index in [-0.39, 0.29) is 22.6 Å². The van der Waals surface area contributed by atoms with Gasteiger partial charge in [-0.05, 0) is 11.5 Å². The van der Waals surface area contributed by atoms with Crippen molar-refractivity contribution in [2.75, 3.05) is 0 Å². The first-order valence-corrected chi connectivity index (χ1v) is 7.45. The normalized spacial score (nSPS) is 14.1. The summed E-state index contributed by atoms with van der Waals surface area (Å²) in [6, 6.07) is 3.43. The Hall–Kier alpha value is -1.51. The molecule has 0 amide bonds. The number of nitrogens with two attached hydrogens (primary N) is 1. The fourth-order valence-electron chi connectivity index (χ4n) is 1.58. The minimum atomic E-state index is -4.00. The summed E-state index contributed by atoms with van der Waals surface area (Å²) in [6.45, 7) is 5.42. The Bertz CT molecular complexity index is 619. The van der Waals surface area contributed by atoms with Gasteiger partial charge in [-0.2, -0.15) is 0 Å². The monoisotopic (exact) mass is 302 g/mol. The summed E-state index contributed by atoms with van der Waals surface area (Å²) < 4.78 is 22.4. The smallest absolute Gasteiger partial charge is 0.274 e. The highest BCUT2D eigenvalue weighted by Gasteiger charge is 2.26. The number of nitro benzene ring substituents is 1. The van der Waals surface area contributed by atoms with Crippen LogP contribution < -0.4 is 5.14 Å². The summed E-state index contributed by atoms with van der Waals surface area (Å²) in [5, 5.41) is 26.0. The molecular weight excluding hydrogens is 284 g/mol. The topological polar surface area (TPSA) is 124 Å². The number of nitrogens with zero attached hydrogens (tertiary/aromatic N) is 1. The molecule has 8 heteroatoms. The lowest BCUT2D eigenvalue weighted by molar-refractivity contribution is -0.385. The summed E-state index contributed by atoms with van der Waals surface area (Å²) in [5.74, 6) is 0. The number of hydrogen-bond donors (Lipinski definition) is 2. The molecule has 0 heterocycles. The van der Waals surface area contributed by atoms with Crippen LogP contribution in [0.1, 0.15) is 26.3 Å². The van der Waals surface area contributed by atoms with Crippen molar-refractivity contribution in [2.45, 2.75) is 38.2 Å². The van der Waals surface area contributed by atoms with E-state index in [0.29, 0.717) is 0 Å². The van der Waals surface area contributed by atoms with Gasteiger partial charge < -0.3 is 5.11 Å². The van der Waals surface area contributed by atoms with Gasteiger partial charge in [0, 0.05) is 18.1 Å². The van der Waals surface area contributed by atoms with Crippen LogP contribution in [0.5, 0.6) is 0 Å². The minimum absolute atomic E-state index is 0.0602. The number of benzene rings is 1. The molecule has 1 unspecified atom stereocenters. The van der Waals surface area contributed by atoms with Crippen molar-refractivity contribution in [3.63, 3.8) is 0 Å². The number of sulfonamides is 1. The first kappa shape index (κ1) is 16.5. The van der Waals surface area contributed by atoms with Crippen molar-refractivity contribution >= 4 is 15.7 Å². The molecule has 0 aromatic heterocycles. The average Bonchev–Trinajstić information content (AvgIpc) is 2.26. The van der Waals surface area contributed by atoms with Crippen molar-refractivity contribution < 1.29 is 18.4 Å². The SMILES string of the molecule is CC(C)(C)C(O)Cc1ccc(S(N)(=O)=O)cc1[N+](=O)[O-]. The van der Waals surface area contributed by atoms with Crippen LogP contribution in [0, 0.1) is 15.5 Å². The third-order valence-corrected chi connectivity index (χ3v) is 3.91. The lowest BCUT2D eigenvalue weighted by atomic mass is 9.85. The molecule has 0 radical (unpaired) electrons. The molecule has 0 aliphatic carbocycles. The first-order valence-electron chi connectivity index (χ1n) is 5.91. The van der Waals surface area contributed by atoms with E-state index >= 15 is 0 Å². The van der Waals surface area contributed by atoms with Crippen LogP contribution in [-0.2, 0) is 16.4 Å². The standard InChI is InChI=1S/C12H18N2O5S/c1-12(2,3)11(15)6-8-4-5-9(20(13,18)19)7-10(8)14(16)17/h4-5,7,11,15H,6H2,1-3H3,(H2,13,18,19). The molecule has 0 saturated heterocycles. The lowest BCUT2D eigenvalue weighted by Gasteiger charge is -2.25. The number of nitro groups is 1. The van der Waals surface area contributed by atoms with Crippen molar-refractivity contribution in [3.05, 3.63) is 33.9 Å². The van der Waals surface area contributed by atoms with Crippen molar-refractivity contribution in [2.24, 2.45) is 10.6 Å². The van der Waals surface area contributed by atoms with Crippen molar-refractivity contribution in [3.8, 4) is 0 Å². The van der Waals surface area contributed by atoms with Crippen LogP contribution in [0.3, 0.4) is 0 Å². The van der Waals surface area contributed by atoms with Gasteiger partial charge in [0.15, 0.2) is 0 Å². The van der Waals surface area contributed by atoms with Crippen LogP contribution in [0.15, 0.2) is 23.1 Å². The lowest BCUT2D eigenvalue weighted by Crippen LogP contribution is -2.28. The van der Waals surface area contributed by atoms with Gasteiger partial charge in [0.1, 0.15) is 0 Å². The third kappa shape index (κ3) is 3.99. The molecule has 3 N–H and O–H groups in total. The van der Waals surface area contributed by atoms with E-state index < -0.39 is 26.5 Å². The number of rotatable bonds is 4. The fourth-order valence-corrected chi connectivity index (χ4v) is 2.11. The molecule has 0 saturated carbocycles. The van der Waals surface area contributed by atoms with Gasteiger partial charge >= 0.3 is 0 Å². The van der Waals surface area contributed by atoms with Gasteiger partial charge in [-0.25, -0.2) is 13.6 Å².